The summed E-state index contributed by atoms with van der Waals surface area (Å²) in [6.45, 7) is 4.58. The van der Waals surface area contributed by atoms with Crippen molar-refractivity contribution in [3.8, 4) is 0 Å². The van der Waals surface area contributed by atoms with Crippen molar-refractivity contribution in [1.29, 1.82) is 0 Å². The number of sulfonamides is 1. The number of nitrogens with one attached hydrogen (secondary N) is 1. The van der Waals surface area contributed by atoms with E-state index in [1.165, 1.54) is 22.5 Å². The molecule has 9 heteroatoms. The monoisotopic (exact) mass is 511 g/mol. The lowest BCUT2D eigenvalue weighted by molar-refractivity contribution is -0.126. The highest BCUT2D eigenvalue weighted by molar-refractivity contribution is 7.89. The molecule has 3 aromatic rings. The zero-order chi connectivity index (χ0) is 25.7. The van der Waals surface area contributed by atoms with Crippen LogP contribution in [0.5, 0.6) is 0 Å². The zero-order valence-corrected chi connectivity index (χ0v) is 21.2. The van der Waals surface area contributed by atoms with E-state index in [9.17, 15) is 17.6 Å². The SMILES string of the molecule is Cc1noc(/C=C/c2ccccc2F)c1S(=O)(=O)N1CCC(C(=O)NC[C@@H](C)c2ccccc2)CC1. The third kappa shape index (κ3) is 5.74. The Labute approximate surface area is 211 Å². The smallest absolute Gasteiger partial charge is 0.248 e. The van der Waals surface area contributed by atoms with Gasteiger partial charge < -0.3 is 9.84 Å². The second kappa shape index (κ2) is 11.2. The minimum absolute atomic E-state index is 0.0327. The quantitative estimate of drug-likeness (QED) is 0.477. The molecule has 0 unspecified atom stereocenters. The van der Waals surface area contributed by atoms with Crippen molar-refractivity contribution >= 4 is 28.1 Å². The van der Waals surface area contributed by atoms with Crippen molar-refractivity contribution in [2.75, 3.05) is 19.6 Å². The molecule has 4 rings (SSSR count). The largest absolute Gasteiger partial charge is 0.355 e. The molecule has 2 heterocycles. The number of nitrogens with zero attached hydrogens (tertiary/aromatic N) is 2. The van der Waals surface area contributed by atoms with Crippen molar-refractivity contribution < 1.29 is 22.1 Å². The number of aromatic nitrogens is 1. The first-order valence-electron chi connectivity index (χ1n) is 12.0. The second-order valence-electron chi connectivity index (χ2n) is 9.05. The van der Waals surface area contributed by atoms with Crippen LogP contribution in [0.15, 0.2) is 64.0 Å². The van der Waals surface area contributed by atoms with E-state index in [-0.39, 0.29) is 47.2 Å². The van der Waals surface area contributed by atoms with Gasteiger partial charge in [-0.25, -0.2) is 12.8 Å². The van der Waals surface area contributed by atoms with Gasteiger partial charge in [-0.1, -0.05) is 60.6 Å². The van der Waals surface area contributed by atoms with Crippen molar-refractivity contribution in [3.63, 3.8) is 0 Å². The maximum absolute atomic E-state index is 14.0. The van der Waals surface area contributed by atoms with Crippen LogP contribution in [0.3, 0.4) is 0 Å². The Balaban J connectivity index is 1.39. The Morgan fingerprint density at radius 1 is 1.14 bits per heavy atom. The number of rotatable bonds is 8. The van der Waals surface area contributed by atoms with Gasteiger partial charge in [0.2, 0.25) is 15.9 Å². The van der Waals surface area contributed by atoms with Crippen molar-refractivity contribution in [3.05, 3.63) is 83.0 Å². The van der Waals surface area contributed by atoms with Crippen LogP contribution < -0.4 is 5.32 Å². The van der Waals surface area contributed by atoms with Gasteiger partial charge in [0, 0.05) is 31.1 Å². The van der Waals surface area contributed by atoms with Crippen LogP contribution in [0.1, 0.15) is 48.3 Å². The predicted octanol–water partition coefficient (Wildman–Crippen LogP) is 4.61. The fourth-order valence-electron chi connectivity index (χ4n) is 4.36. The summed E-state index contributed by atoms with van der Waals surface area (Å²) in [7, 11) is -3.91. The molecule has 1 atom stereocenters. The standard InChI is InChI=1S/C27H30FN3O4S/c1-19(21-8-4-3-5-9-21)18-29-27(32)23-14-16-31(17-15-23)36(33,34)26-20(2)30-35-25(26)13-12-22-10-6-7-11-24(22)28/h3-13,19,23H,14-18H2,1-2H3,(H,29,32)/b13-12+/t19-/m1/s1. The molecule has 1 amide bonds. The Bertz CT molecular complexity index is 1330. The Kier molecular flexibility index (Phi) is 8.01. The molecule has 0 spiro atoms. The molecule has 1 aromatic heterocycles. The third-order valence-electron chi connectivity index (χ3n) is 6.53. The molecule has 1 aliphatic rings. The maximum Gasteiger partial charge on any atom is 0.248 e. The molecule has 1 aliphatic heterocycles. The van der Waals surface area contributed by atoms with Crippen LogP contribution in [-0.2, 0) is 14.8 Å². The molecule has 36 heavy (non-hydrogen) atoms. The normalized spacial score (nSPS) is 16.3. The van der Waals surface area contributed by atoms with Gasteiger partial charge in [0.15, 0.2) is 10.7 Å². The van der Waals surface area contributed by atoms with E-state index in [0.29, 0.717) is 24.9 Å². The molecule has 1 saturated heterocycles. The highest BCUT2D eigenvalue weighted by Gasteiger charge is 2.36. The Morgan fingerprint density at radius 2 is 1.81 bits per heavy atom. The van der Waals surface area contributed by atoms with Gasteiger partial charge in [-0.15, -0.1) is 0 Å². The summed E-state index contributed by atoms with van der Waals surface area (Å²) in [5, 5.41) is 6.85. The number of piperidine rings is 1. The summed E-state index contributed by atoms with van der Waals surface area (Å²) < 4.78 is 47.4. The van der Waals surface area contributed by atoms with Gasteiger partial charge in [0.1, 0.15) is 11.5 Å². The zero-order valence-electron chi connectivity index (χ0n) is 20.4. The van der Waals surface area contributed by atoms with Crippen LogP contribution in [0, 0.1) is 18.7 Å². The lowest BCUT2D eigenvalue weighted by Gasteiger charge is -2.30. The summed E-state index contributed by atoms with van der Waals surface area (Å²) in [4.78, 5) is 12.7. The van der Waals surface area contributed by atoms with Gasteiger partial charge in [0.05, 0.1) is 0 Å². The number of halogens is 1. The highest BCUT2D eigenvalue weighted by atomic mass is 32.2. The first-order valence-corrected chi connectivity index (χ1v) is 13.4. The van der Waals surface area contributed by atoms with E-state index in [1.54, 1.807) is 25.1 Å². The minimum atomic E-state index is -3.91. The molecule has 1 fully saturated rings. The predicted molar refractivity (Wildman–Crippen MR) is 136 cm³/mol. The Hall–Kier alpha value is -3.30. The van der Waals surface area contributed by atoms with E-state index >= 15 is 0 Å². The van der Waals surface area contributed by atoms with Crippen LogP contribution in [0.4, 0.5) is 4.39 Å². The van der Waals surface area contributed by atoms with Crippen LogP contribution in [-0.4, -0.2) is 43.4 Å². The summed E-state index contributed by atoms with van der Waals surface area (Å²) in [6.07, 6.45) is 3.73. The number of hydrogen-bond donors (Lipinski definition) is 1. The van der Waals surface area contributed by atoms with E-state index in [0.717, 1.165) is 5.56 Å². The molecule has 0 saturated carbocycles. The van der Waals surface area contributed by atoms with Crippen LogP contribution >= 0.6 is 0 Å². The maximum atomic E-state index is 14.0. The number of aryl methyl sites for hydroxylation is 1. The third-order valence-corrected chi connectivity index (χ3v) is 8.58. The Morgan fingerprint density at radius 3 is 2.50 bits per heavy atom. The number of amides is 1. The van der Waals surface area contributed by atoms with Crippen LogP contribution in [0.2, 0.25) is 0 Å². The molecular weight excluding hydrogens is 481 g/mol. The molecule has 0 aliphatic carbocycles. The van der Waals surface area contributed by atoms with Crippen molar-refractivity contribution in [2.45, 2.75) is 37.5 Å². The molecule has 0 bridgehead atoms. The van der Waals surface area contributed by atoms with Crippen molar-refractivity contribution in [2.24, 2.45) is 5.92 Å². The summed E-state index contributed by atoms with van der Waals surface area (Å²) >= 11 is 0. The van der Waals surface area contributed by atoms with E-state index in [4.69, 9.17) is 4.52 Å². The van der Waals surface area contributed by atoms with Gasteiger partial charge in [-0.2, -0.15) is 4.31 Å². The number of hydrogen-bond acceptors (Lipinski definition) is 5. The summed E-state index contributed by atoms with van der Waals surface area (Å²) in [5.74, 6) is -0.491. The molecule has 7 nitrogen and oxygen atoms in total. The fourth-order valence-corrected chi connectivity index (χ4v) is 6.08. The summed E-state index contributed by atoms with van der Waals surface area (Å²) in [6, 6.07) is 16.2. The first-order chi connectivity index (χ1) is 17.3. The van der Waals surface area contributed by atoms with Crippen LogP contribution in [0.25, 0.3) is 12.2 Å². The van der Waals surface area contributed by atoms with Crippen molar-refractivity contribution in [1.82, 2.24) is 14.8 Å². The van der Waals surface area contributed by atoms with Gasteiger partial charge >= 0.3 is 0 Å². The fraction of sp³-hybridized carbons (Fsp3) is 0.333. The van der Waals surface area contributed by atoms with Gasteiger partial charge in [-0.3, -0.25) is 4.79 Å². The minimum Gasteiger partial charge on any atom is -0.355 e. The van der Waals surface area contributed by atoms with E-state index < -0.39 is 15.8 Å². The lowest BCUT2D eigenvalue weighted by Crippen LogP contribution is -2.43. The highest BCUT2D eigenvalue weighted by Crippen LogP contribution is 2.29. The molecule has 0 radical (unpaired) electrons. The average molecular weight is 512 g/mol. The second-order valence-corrected chi connectivity index (χ2v) is 10.9. The molecular formula is C27H30FN3O4S. The average Bonchev–Trinajstić information content (AvgIpc) is 3.28. The van der Waals surface area contributed by atoms with E-state index in [2.05, 4.69) is 17.4 Å². The van der Waals surface area contributed by atoms with E-state index in [1.807, 2.05) is 30.3 Å². The summed E-state index contributed by atoms with van der Waals surface area (Å²) in [5.41, 5.74) is 1.70. The number of benzene rings is 2. The molecule has 190 valence electrons. The number of carbonyl (C=O) groups is 1. The van der Waals surface area contributed by atoms with Gasteiger partial charge in [0.25, 0.3) is 0 Å². The lowest BCUT2D eigenvalue weighted by atomic mass is 9.96. The molecule has 2 aromatic carbocycles. The topological polar surface area (TPSA) is 92.5 Å². The number of carbonyl (C=O) groups excluding carboxylic acids is 1. The first kappa shape index (κ1) is 25.8. The molecule has 1 N–H and O–H groups in total. The van der Waals surface area contributed by atoms with Gasteiger partial charge in [-0.05, 0) is 49.5 Å².